The summed E-state index contributed by atoms with van der Waals surface area (Å²) in [6, 6.07) is 16.3. The van der Waals surface area contributed by atoms with E-state index >= 15 is 0 Å². The molecular weight excluding hydrogens is 449 g/mol. The quantitative estimate of drug-likeness (QED) is 0.294. The van der Waals surface area contributed by atoms with Crippen LogP contribution in [0, 0.1) is 0 Å². The SMILES string of the molecule is CC[N+](CC)(CC)CCOc1ccc(/C=C/c2cccc(OC)c2)cc1.[I-]. The van der Waals surface area contributed by atoms with Crippen molar-refractivity contribution < 1.29 is 37.9 Å². The van der Waals surface area contributed by atoms with Gasteiger partial charge in [-0.25, -0.2) is 0 Å². The standard InChI is InChI=1S/C23H32NO2.HI/c1-5-24(6-2,7-3)17-18-26-22-15-13-20(14-16-22)11-12-21-9-8-10-23(19-21)25-4;/h8-16,19H,5-7,17-18H2,1-4H3;1H/q+1;/p-1/b12-11+;. The molecule has 2 aromatic rings. The molecule has 3 nitrogen and oxygen atoms in total. The number of methoxy groups -OCH3 is 1. The first kappa shape index (κ1) is 23.5. The van der Waals surface area contributed by atoms with Gasteiger partial charge in [-0.1, -0.05) is 36.4 Å². The van der Waals surface area contributed by atoms with Crippen molar-refractivity contribution >= 4 is 12.2 Å². The van der Waals surface area contributed by atoms with Crippen molar-refractivity contribution in [1.82, 2.24) is 0 Å². The van der Waals surface area contributed by atoms with Gasteiger partial charge in [-0.05, 0) is 56.2 Å². The molecule has 0 amide bonds. The summed E-state index contributed by atoms with van der Waals surface area (Å²) in [6.07, 6.45) is 4.19. The van der Waals surface area contributed by atoms with E-state index in [0.717, 1.165) is 59.9 Å². The largest absolute Gasteiger partial charge is 1.00 e. The van der Waals surface area contributed by atoms with E-state index in [-0.39, 0.29) is 24.0 Å². The maximum Gasteiger partial charge on any atom is 0.137 e. The molecule has 0 aliphatic rings. The number of hydrogen-bond donors (Lipinski definition) is 0. The Bertz CT molecular complexity index is 686. The Hall–Kier alpha value is -1.53. The zero-order valence-corrected chi connectivity index (χ0v) is 19.1. The number of hydrogen-bond acceptors (Lipinski definition) is 2. The van der Waals surface area contributed by atoms with Crippen LogP contribution in [0.5, 0.6) is 11.5 Å². The molecule has 0 unspecified atom stereocenters. The molecule has 0 atom stereocenters. The second-order valence-corrected chi connectivity index (χ2v) is 6.54. The maximum absolute atomic E-state index is 5.96. The van der Waals surface area contributed by atoms with Crippen LogP contribution in [-0.4, -0.2) is 44.4 Å². The average molecular weight is 481 g/mol. The third kappa shape index (κ3) is 7.18. The molecule has 0 bridgehead atoms. The van der Waals surface area contributed by atoms with Crippen molar-refractivity contribution in [3.8, 4) is 11.5 Å². The molecule has 0 saturated carbocycles. The third-order valence-corrected chi connectivity index (χ3v) is 5.29. The van der Waals surface area contributed by atoms with Crippen LogP contribution in [0.2, 0.25) is 0 Å². The number of rotatable bonds is 10. The summed E-state index contributed by atoms with van der Waals surface area (Å²) in [6.45, 7) is 12.1. The molecule has 0 heterocycles. The molecule has 0 aromatic heterocycles. The predicted molar refractivity (Wildman–Crippen MR) is 111 cm³/mol. The number of halogens is 1. The summed E-state index contributed by atoms with van der Waals surface area (Å²) in [5, 5.41) is 0. The highest BCUT2D eigenvalue weighted by molar-refractivity contribution is 5.70. The smallest absolute Gasteiger partial charge is 0.137 e. The summed E-state index contributed by atoms with van der Waals surface area (Å²) < 4.78 is 12.3. The third-order valence-electron chi connectivity index (χ3n) is 5.29. The average Bonchev–Trinajstić information content (AvgIpc) is 2.71. The monoisotopic (exact) mass is 481 g/mol. The minimum Gasteiger partial charge on any atom is -1.00 e. The first-order valence-electron chi connectivity index (χ1n) is 9.54. The Kier molecular flexibility index (Phi) is 10.5. The van der Waals surface area contributed by atoms with Gasteiger partial charge in [-0.15, -0.1) is 0 Å². The molecule has 4 heteroatoms. The van der Waals surface area contributed by atoms with Crippen molar-refractivity contribution in [1.29, 1.82) is 0 Å². The normalized spacial score (nSPS) is 11.3. The van der Waals surface area contributed by atoms with Gasteiger partial charge in [-0.3, -0.25) is 0 Å². The highest BCUT2D eigenvalue weighted by Crippen LogP contribution is 2.17. The number of benzene rings is 2. The Morgan fingerprint density at radius 2 is 1.44 bits per heavy atom. The van der Waals surface area contributed by atoms with Crippen LogP contribution in [0.15, 0.2) is 48.5 Å². The fraction of sp³-hybridized carbons (Fsp3) is 0.391. The molecule has 0 saturated heterocycles. The first-order chi connectivity index (χ1) is 12.6. The first-order valence-corrected chi connectivity index (χ1v) is 9.54. The van der Waals surface area contributed by atoms with Crippen LogP contribution in [0.3, 0.4) is 0 Å². The molecule has 0 spiro atoms. The van der Waals surface area contributed by atoms with Crippen LogP contribution in [0.25, 0.3) is 12.2 Å². The number of likely N-dealkylation sites (N-methyl/N-ethyl adjacent to an activating group) is 1. The van der Waals surface area contributed by atoms with E-state index in [1.54, 1.807) is 7.11 Å². The molecule has 0 N–H and O–H groups in total. The summed E-state index contributed by atoms with van der Waals surface area (Å²) in [7, 11) is 1.69. The highest BCUT2D eigenvalue weighted by atomic mass is 127. The topological polar surface area (TPSA) is 18.5 Å². The number of nitrogens with zero attached hydrogens (tertiary/aromatic N) is 1. The van der Waals surface area contributed by atoms with E-state index in [1.807, 2.05) is 30.3 Å². The van der Waals surface area contributed by atoms with E-state index in [1.165, 1.54) is 0 Å². The predicted octanol–water partition coefficient (Wildman–Crippen LogP) is 2.12. The van der Waals surface area contributed by atoms with Crippen molar-refractivity contribution in [3.05, 3.63) is 59.7 Å². The second-order valence-electron chi connectivity index (χ2n) is 6.54. The van der Waals surface area contributed by atoms with E-state index < -0.39 is 0 Å². The minimum absolute atomic E-state index is 0. The molecule has 148 valence electrons. The zero-order valence-electron chi connectivity index (χ0n) is 17.0. The molecule has 2 aromatic carbocycles. The summed E-state index contributed by atoms with van der Waals surface area (Å²) in [5.41, 5.74) is 2.28. The fourth-order valence-corrected chi connectivity index (χ4v) is 3.12. The second kappa shape index (κ2) is 12.0. The lowest BCUT2D eigenvalue weighted by Crippen LogP contribution is -3.00. The van der Waals surface area contributed by atoms with Gasteiger partial charge < -0.3 is 37.9 Å². The van der Waals surface area contributed by atoms with Crippen molar-refractivity contribution in [3.63, 3.8) is 0 Å². The van der Waals surface area contributed by atoms with Crippen LogP contribution >= 0.6 is 0 Å². The van der Waals surface area contributed by atoms with Gasteiger partial charge in [-0.2, -0.15) is 0 Å². The molecule has 0 aliphatic heterocycles. The van der Waals surface area contributed by atoms with Crippen molar-refractivity contribution in [2.75, 3.05) is 39.9 Å². The Morgan fingerprint density at radius 1 is 0.815 bits per heavy atom. The van der Waals surface area contributed by atoms with Crippen LogP contribution < -0.4 is 33.5 Å². The fourth-order valence-electron chi connectivity index (χ4n) is 3.12. The molecular formula is C23H32INO2. The van der Waals surface area contributed by atoms with Crippen LogP contribution in [0.1, 0.15) is 31.9 Å². The van der Waals surface area contributed by atoms with Gasteiger partial charge in [0.1, 0.15) is 24.7 Å². The van der Waals surface area contributed by atoms with E-state index in [2.05, 4.69) is 51.1 Å². The summed E-state index contributed by atoms with van der Waals surface area (Å²) in [5.74, 6) is 1.81. The molecule has 0 aliphatic carbocycles. The molecule has 2 rings (SSSR count). The van der Waals surface area contributed by atoms with E-state index in [0.29, 0.717) is 0 Å². The Morgan fingerprint density at radius 3 is 2.04 bits per heavy atom. The maximum atomic E-state index is 5.96. The summed E-state index contributed by atoms with van der Waals surface area (Å²) >= 11 is 0. The highest BCUT2D eigenvalue weighted by Gasteiger charge is 2.20. The Labute approximate surface area is 181 Å². The van der Waals surface area contributed by atoms with Gasteiger partial charge in [0.2, 0.25) is 0 Å². The lowest BCUT2D eigenvalue weighted by Gasteiger charge is -2.35. The van der Waals surface area contributed by atoms with Crippen LogP contribution in [-0.2, 0) is 0 Å². The number of ether oxygens (including phenoxy) is 2. The lowest BCUT2D eigenvalue weighted by molar-refractivity contribution is -0.923. The van der Waals surface area contributed by atoms with Crippen molar-refractivity contribution in [2.45, 2.75) is 20.8 Å². The minimum atomic E-state index is 0. The molecule has 27 heavy (non-hydrogen) atoms. The molecule has 0 fully saturated rings. The lowest BCUT2D eigenvalue weighted by atomic mass is 10.1. The van der Waals surface area contributed by atoms with Crippen molar-refractivity contribution in [2.24, 2.45) is 0 Å². The van der Waals surface area contributed by atoms with Gasteiger partial charge in [0.25, 0.3) is 0 Å². The van der Waals surface area contributed by atoms with Gasteiger partial charge in [0.15, 0.2) is 0 Å². The van der Waals surface area contributed by atoms with Crippen LogP contribution in [0.4, 0.5) is 0 Å². The molecule has 0 radical (unpaired) electrons. The Balaban J connectivity index is 0.00000364. The van der Waals surface area contributed by atoms with Gasteiger partial charge in [0.05, 0.1) is 26.7 Å². The van der Waals surface area contributed by atoms with E-state index in [9.17, 15) is 0 Å². The van der Waals surface area contributed by atoms with Gasteiger partial charge in [0, 0.05) is 0 Å². The number of quaternary nitrogens is 1. The van der Waals surface area contributed by atoms with E-state index in [4.69, 9.17) is 9.47 Å². The van der Waals surface area contributed by atoms with Gasteiger partial charge >= 0.3 is 0 Å². The zero-order chi connectivity index (χ0) is 18.8. The summed E-state index contributed by atoms with van der Waals surface area (Å²) in [4.78, 5) is 0.